The maximum Gasteiger partial charge on any atom is 0.273 e. The van der Waals surface area contributed by atoms with Crippen LogP contribution in [0.2, 0.25) is 0 Å². The Kier molecular flexibility index (Phi) is 3.81. The number of nitrogens with zero attached hydrogens (tertiary/aromatic N) is 3. The van der Waals surface area contributed by atoms with Crippen LogP contribution in [-0.4, -0.2) is 59.5 Å². The zero-order valence-corrected chi connectivity index (χ0v) is 11.9. The van der Waals surface area contributed by atoms with E-state index in [-0.39, 0.29) is 5.91 Å². The third-order valence-electron chi connectivity index (χ3n) is 4.00. The molecular weight excluding hydrogens is 260 g/mol. The average molecular weight is 280 g/mol. The molecule has 3 heterocycles. The monoisotopic (exact) mass is 280 g/mol. The van der Waals surface area contributed by atoms with Gasteiger partial charge in [0.1, 0.15) is 5.69 Å². The lowest BCUT2D eigenvalue weighted by Gasteiger charge is -2.37. The number of piperazine rings is 1. The van der Waals surface area contributed by atoms with Crippen LogP contribution in [0.3, 0.4) is 0 Å². The van der Waals surface area contributed by atoms with E-state index in [1.54, 1.807) is 0 Å². The summed E-state index contributed by atoms with van der Waals surface area (Å²) in [7, 11) is 0. The summed E-state index contributed by atoms with van der Waals surface area (Å²) < 4.78 is 0. The van der Waals surface area contributed by atoms with Gasteiger partial charge in [-0.15, -0.1) is 11.3 Å². The number of nitrogens with two attached hydrogens (primary N) is 1. The second-order valence-corrected chi connectivity index (χ2v) is 6.19. The van der Waals surface area contributed by atoms with E-state index in [4.69, 9.17) is 5.73 Å². The van der Waals surface area contributed by atoms with E-state index >= 15 is 0 Å². The Morgan fingerprint density at radius 3 is 3.21 bits per heavy atom. The lowest BCUT2D eigenvalue weighted by molar-refractivity contribution is 0.0566. The third kappa shape index (κ3) is 2.66. The van der Waals surface area contributed by atoms with Crippen molar-refractivity contribution in [2.75, 3.05) is 32.7 Å². The minimum Gasteiger partial charge on any atom is -0.334 e. The molecule has 2 saturated heterocycles. The highest BCUT2D eigenvalue weighted by atomic mass is 32.1. The number of aromatic nitrogens is 1. The molecule has 19 heavy (non-hydrogen) atoms. The summed E-state index contributed by atoms with van der Waals surface area (Å²) in [5, 5.41) is 2.83. The van der Waals surface area contributed by atoms with E-state index in [2.05, 4.69) is 9.88 Å². The Hall–Kier alpha value is -0.980. The third-order valence-corrected chi connectivity index (χ3v) is 4.91. The first-order valence-corrected chi connectivity index (χ1v) is 7.83. The number of carbonyl (C=O) groups is 1. The normalized spacial score (nSPS) is 23.6. The lowest BCUT2D eigenvalue weighted by Crippen LogP contribution is -2.52. The van der Waals surface area contributed by atoms with E-state index < -0.39 is 0 Å². The van der Waals surface area contributed by atoms with E-state index in [9.17, 15) is 4.79 Å². The molecule has 1 aromatic heterocycles. The number of rotatable bonds is 3. The Labute approximate surface area is 117 Å². The van der Waals surface area contributed by atoms with Crippen LogP contribution in [0.5, 0.6) is 0 Å². The predicted molar refractivity (Wildman–Crippen MR) is 75.4 cm³/mol. The molecule has 1 unspecified atom stereocenters. The Balaban J connectivity index is 1.66. The molecule has 1 atom stereocenters. The molecule has 0 bridgehead atoms. The number of thiazole rings is 1. The zero-order chi connectivity index (χ0) is 13.2. The minimum absolute atomic E-state index is 0.0890. The van der Waals surface area contributed by atoms with Crippen molar-refractivity contribution in [1.82, 2.24) is 14.8 Å². The van der Waals surface area contributed by atoms with Crippen LogP contribution in [0.4, 0.5) is 0 Å². The van der Waals surface area contributed by atoms with Crippen LogP contribution in [0.25, 0.3) is 0 Å². The number of amides is 1. The number of carbonyl (C=O) groups excluding carboxylic acids is 1. The van der Waals surface area contributed by atoms with Gasteiger partial charge in [0.15, 0.2) is 0 Å². The molecule has 6 heteroatoms. The summed E-state index contributed by atoms with van der Waals surface area (Å²) in [5.41, 5.74) is 6.11. The molecule has 0 radical (unpaired) electrons. The molecule has 1 aromatic rings. The van der Waals surface area contributed by atoms with Gasteiger partial charge in [-0.2, -0.15) is 0 Å². The van der Waals surface area contributed by atoms with E-state index in [1.165, 1.54) is 30.7 Å². The highest BCUT2D eigenvalue weighted by Crippen LogP contribution is 2.22. The highest BCUT2D eigenvalue weighted by molar-refractivity contribution is 7.09. The van der Waals surface area contributed by atoms with Gasteiger partial charge in [-0.1, -0.05) is 0 Å². The van der Waals surface area contributed by atoms with Crippen LogP contribution in [0, 0.1) is 0 Å². The molecule has 2 N–H and O–H groups in total. The Bertz CT molecular complexity index is 461. The molecule has 5 nitrogen and oxygen atoms in total. The van der Waals surface area contributed by atoms with Crippen molar-refractivity contribution < 1.29 is 4.79 Å². The lowest BCUT2D eigenvalue weighted by atomic mass is 10.1. The highest BCUT2D eigenvalue weighted by Gasteiger charge is 2.33. The Morgan fingerprint density at radius 2 is 2.37 bits per heavy atom. The molecule has 2 fully saturated rings. The fraction of sp³-hybridized carbons (Fsp3) is 0.692. The van der Waals surface area contributed by atoms with E-state index in [0.29, 0.717) is 18.3 Å². The van der Waals surface area contributed by atoms with E-state index in [1.807, 2.05) is 10.3 Å². The molecular formula is C13H20N4OS. The van der Waals surface area contributed by atoms with Crippen molar-refractivity contribution >= 4 is 17.2 Å². The molecule has 2 aliphatic heterocycles. The van der Waals surface area contributed by atoms with Crippen LogP contribution < -0.4 is 5.73 Å². The summed E-state index contributed by atoms with van der Waals surface area (Å²) in [6, 6.07) is 0.569. The zero-order valence-electron chi connectivity index (χ0n) is 11.0. The Morgan fingerprint density at radius 1 is 1.47 bits per heavy atom. The topological polar surface area (TPSA) is 62.5 Å². The van der Waals surface area contributed by atoms with Crippen LogP contribution in [-0.2, 0) is 6.42 Å². The first-order chi connectivity index (χ1) is 9.28. The molecule has 3 rings (SSSR count). The van der Waals surface area contributed by atoms with Gasteiger partial charge in [-0.3, -0.25) is 9.69 Å². The van der Waals surface area contributed by atoms with Gasteiger partial charge in [0.2, 0.25) is 0 Å². The molecule has 0 aliphatic carbocycles. The van der Waals surface area contributed by atoms with Gasteiger partial charge in [0.25, 0.3) is 5.91 Å². The van der Waals surface area contributed by atoms with Crippen LogP contribution in [0.15, 0.2) is 5.38 Å². The van der Waals surface area contributed by atoms with Crippen molar-refractivity contribution in [2.24, 2.45) is 5.73 Å². The standard InChI is InChI=1S/C13H20N4OS/c14-4-3-12-15-11(9-19-12)13(18)17-7-6-16-5-1-2-10(16)8-17/h9-10H,1-8,14H2. The van der Waals surface area contributed by atoms with Crippen molar-refractivity contribution in [3.8, 4) is 0 Å². The molecule has 0 saturated carbocycles. The van der Waals surface area contributed by atoms with Crippen molar-refractivity contribution in [3.63, 3.8) is 0 Å². The molecule has 0 aromatic carbocycles. The molecule has 104 valence electrons. The first kappa shape index (κ1) is 13.0. The van der Waals surface area contributed by atoms with Gasteiger partial charge in [-0.25, -0.2) is 4.98 Å². The second-order valence-electron chi connectivity index (χ2n) is 5.25. The summed E-state index contributed by atoms with van der Waals surface area (Å²) >= 11 is 1.54. The summed E-state index contributed by atoms with van der Waals surface area (Å²) in [5.74, 6) is 0.0890. The quantitative estimate of drug-likeness (QED) is 0.879. The smallest absolute Gasteiger partial charge is 0.273 e. The maximum absolute atomic E-state index is 12.4. The van der Waals surface area contributed by atoms with Crippen LogP contribution >= 0.6 is 11.3 Å². The average Bonchev–Trinajstić information content (AvgIpc) is 3.05. The predicted octanol–water partition coefficient (Wildman–Crippen LogP) is 0.564. The molecule has 2 aliphatic rings. The van der Waals surface area contributed by atoms with Crippen molar-refractivity contribution in [1.29, 1.82) is 0 Å². The van der Waals surface area contributed by atoms with Gasteiger partial charge >= 0.3 is 0 Å². The fourth-order valence-electron chi connectivity index (χ4n) is 2.98. The fourth-order valence-corrected chi connectivity index (χ4v) is 3.77. The molecule has 0 spiro atoms. The summed E-state index contributed by atoms with van der Waals surface area (Å²) in [4.78, 5) is 21.3. The number of fused-ring (bicyclic) bond motifs is 1. The van der Waals surface area contributed by atoms with Gasteiger partial charge < -0.3 is 10.6 Å². The van der Waals surface area contributed by atoms with Crippen molar-refractivity contribution in [3.05, 3.63) is 16.1 Å². The maximum atomic E-state index is 12.4. The largest absolute Gasteiger partial charge is 0.334 e. The van der Waals surface area contributed by atoms with E-state index in [0.717, 1.165) is 31.1 Å². The molecule has 1 amide bonds. The summed E-state index contributed by atoms with van der Waals surface area (Å²) in [6.45, 7) is 4.49. The van der Waals surface area contributed by atoms with Gasteiger partial charge in [0.05, 0.1) is 5.01 Å². The van der Waals surface area contributed by atoms with Gasteiger partial charge in [-0.05, 0) is 25.9 Å². The first-order valence-electron chi connectivity index (χ1n) is 6.95. The van der Waals surface area contributed by atoms with Crippen molar-refractivity contribution in [2.45, 2.75) is 25.3 Å². The minimum atomic E-state index is 0.0890. The summed E-state index contributed by atoms with van der Waals surface area (Å²) in [6.07, 6.45) is 3.25. The number of hydrogen-bond donors (Lipinski definition) is 1. The van der Waals surface area contributed by atoms with Crippen LogP contribution in [0.1, 0.15) is 28.3 Å². The van der Waals surface area contributed by atoms with Gasteiger partial charge in [0, 0.05) is 37.5 Å². The SMILES string of the molecule is NCCc1nc(C(=O)N2CCN3CCCC3C2)cs1. The second kappa shape index (κ2) is 5.56. The number of hydrogen-bond acceptors (Lipinski definition) is 5.